The molecule has 0 aliphatic heterocycles. The molecule has 0 spiro atoms. The number of nitrogens with one attached hydrogen (secondary N) is 3. The number of nitrogens with zero attached hydrogens (tertiary/aromatic N) is 1. The number of halogens is 1. The summed E-state index contributed by atoms with van der Waals surface area (Å²) in [5.74, 6) is 2.06. The molecule has 0 heterocycles. The zero-order valence-corrected chi connectivity index (χ0v) is 22.9. The summed E-state index contributed by atoms with van der Waals surface area (Å²) in [4.78, 5) is 4.24. The van der Waals surface area contributed by atoms with Crippen molar-refractivity contribution in [2.24, 2.45) is 4.99 Å². The lowest BCUT2D eigenvalue weighted by Gasteiger charge is -2.27. The van der Waals surface area contributed by atoms with E-state index in [0.717, 1.165) is 36.2 Å². The van der Waals surface area contributed by atoms with Crippen molar-refractivity contribution in [3.8, 4) is 11.5 Å². The Bertz CT molecular complexity index is 801. The van der Waals surface area contributed by atoms with Crippen LogP contribution in [0.5, 0.6) is 11.5 Å². The van der Waals surface area contributed by atoms with E-state index in [1.807, 2.05) is 39.0 Å². The summed E-state index contributed by atoms with van der Waals surface area (Å²) in [5.41, 5.74) is 0.370. The first-order valence-electron chi connectivity index (χ1n) is 10.4. The van der Waals surface area contributed by atoms with Crippen molar-refractivity contribution in [1.29, 1.82) is 0 Å². The number of hydrogen-bond acceptors (Lipinski definition) is 5. The topological polar surface area (TPSA) is 101 Å². The number of guanidine groups is 1. The molecule has 0 fully saturated rings. The lowest BCUT2D eigenvalue weighted by molar-refractivity contribution is 0.268. The van der Waals surface area contributed by atoms with Gasteiger partial charge in [0.25, 0.3) is 0 Å². The van der Waals surface area contributed by atoms with Crippen molar-refractivity contribution in [3.05, 3.63) is 23.8 Å². The van der Waals surface area contributed by atoms with Gasteiger partial charge in [-0.25, -0.2) is 13.1 Å². The van der Waals surface area contributed by atoms with Gasteiger partial charge in [0.1, 0.15) is 0 Å². The first-order valence-corrected chi connectivity index (χ1v) is 12.3. The molecule has 0 aromatic heterocycles. The second kappa shape index (κ2) is 14.0. The third kappa shape index (κ3) is 11.8. The Morgan fingerprint density at radius 3 is 2.23 bits per heavy atom. The number of sulfonamides is 1. The average molecular weight is 571 g/mol. The van der Waals surface area contributed by atoms with Crippen molar-refractivity contribution in [1.82, 2.24) is 15.4 Å². The highest BCUT2D eigenvalue weighted by molar-refractivity contribution is 14.0. The highest BCUT2D eigenvalue weighted by atomic mass is 127. The lowest BCUT2D eigenvalue weighted by Crippen LogP contribution is -2.53. The van der Waals surface area contributed by atoms with Crippen LogP contribution in [0.2, 0.25) is 0 Å². The fourth-order valence-corrected chi connectivity index (χ4v) is 3.85. The Balaban J connectivity index is 0.00000900. The van der Waals surface area contributed by atoms with Crippen LogP contribution in [0.15, 0.2) is 23.2 Å². The number of hydrogen-bond donors (Lipinski definition) is 3. The van der Waals surface area contributed by atoms with Crippen LogP contribution < -0.4 is 24.8 Å². The minimum Gasteiger partial charge on any atom is -0.490 e. The monoisotopic (exact) mass is 570 g/mol. The minimum absolute atomic E-state index is 0. The summed E-state index contributed by atoms with van der Waals surface area (Å²) in [6.45, 7) is 11.4. The number of rotatable bonds is 12. The summed E-state index contributed by atoms with van der Waals surface area (Å²) >= 11 is 0. The average Bonchev–Trinajstić information content (AvgIpc) is 2.66. The van der Waals surface area contributed by atoms with Gasteiger partial charge in [-0.05, 0) is 51.3 Å². The Hall–Kier alpha value is -1.27. The van der Waals surface area contributed by atoms with Crippen molar-refractivity contribution in [3.63, 3.8) is 0 Å². The largest absolute Gasteiger partial charge is 0.490 e. The van der Waals surface area contributed by atoms with Crippen molar-refractivity contribution >= 4 is 40.0 Å². The Morgan fingerprint density at radius 2 is 1.71 bits per heavy atom. The van der Waals surface area contributed by atoms with Crippen LogP contribution in [-0.2, 0) is 10.0 Å². The van der Waals surface area contributed by atoms with Crippen molar-refractivity contribution < 1.29 is 17.9 Å². The van der Waals surface area contributed by atoms with Gasteiger partial charge in [0, 0.05) is 19.1 Å². The highest BCUT2D eigenvalue weighted by Gasteiger charge is 2.22. The fourth-order valence-electron chi connectivity index (χ4n) is 2.78. The van der Waals surface area contributed by atoms with Gasteiger partial charge in [-0.15, -0.1) is 24.0 Å². The molecule has 1 aromatic rings. The highest BCUT2D eigenvalue weighted by Crippen LogP contribution is 2.31. The van der Waals surface area contributed by atoms with Crippen LogP contribution in [0.1, 0.15) is 59.1 Å². The predicted octanol–water partition coefficient (Wildman–Crippen LogP) is 3.44. The van der Waals surface area contributed by atoms with E-state index in [2.05, 4.69) is 34.2 Å². The van der Waals surface area contributed by atoms with E-state index < -0.39 is 15.6 Å². The summed E-state index contributed by atoms with van der Waals surface area (Å²) in [5, 5.41) is 6.51. The molecule has 180 valence electrons. The molecule has 0 saturated carbocycles. The number of aliphatic imine (C=N–C) groups is 1. The molecule has 0 saturated heterocycles. The molecule has 0 amide bonds. The molecule has 0 aliphatic rings. The summed E-state index contributed by atoms with van der Waals surface area (Å²) in [7, 11) is -1.62. The number of benzene rings is 1. The van der Waals surface area contributed by atoms with Crippen LogP contribution in [0.25, 0.3) is 0 Å². The van der Waals surface area contributed by atoms with E-state index in [1.165, 1.54) is 0 Å². The SMILES string of the molecule is CCCOc1ccc(C(C)NC(=NC)NCC(C)(C)NS(C)(=O)=O)cc1OCCC.I. The van der Waals surface area contributed by atoms with Gasteiger partial charge in [0.15, 0.2) is 17.5 Å². The van der Waals surface area contributed by atoms with E-state index in [-0.39, 0.29) is 30.0 Å². The van der Waals surface area contributed by atoms with E-state index in [0.29, 0.717) is 25.7 Å². The van der Waals surface area contributed by atoms with Gasteiger partial charge < -0.3 is 20.1 Å². The molecule has 8 nitrogen and oxygen atoms in total. The van der Waals surface area contributed by atoms with Crippen molar-refractivity contribution in [2.45, 2.75) is 59.0 Å². The zero-order valence-electron chi connectivity index (χ0n) is 19.7. The maximum absolute atomic E-state index is 11.5. The first-order chi connectivity index (χ1) is 14.0. The van der Waals surface area contributed by atoms with Crippen LogP contribution in [-0.4, -0.2) is 53.0 Å². The summed E-state index contributed by atoms with van der Waals surface area (Å²) < 4.78 is 37.3. The van der Waals surface area contributed by atoms with E-state index in [9.17, 15) is 8.42 Å². The van der Waals surface area contributed by atoms with E-state index in [1.54, 1.807) is 7.05 Å². The van der Waals surface area contributed by atoms with Gasteiger partial charge in [0.2, 0.25) is 10.0 Å². The van der Waals surface area contributed by atoms with E-state index >= 15 is 0 Å². The minimum atomic E-state index is -3.30. The molecule has 0 radical (unpaired) electrons. The predicted molar refractivity (Wildman–Crippen MR) is 138 cm³/mol. The standard InChI is InChI=1S/C21H38N4O4S.HI/c1-8-12-28-18-11-10-17(14-19(18)29-13-9-2)16(3)24-20(22-6)23-15-21(4,5)25-30(7,26)27;/h10-11,14,16,25H,8-9,12-13,15H2,1-7H3,(H2,22,23,24);1H. The molecular formula is C21H39IN4O4S. The third-order valence-electron chi connectivity index (χ3n) is 4.13. The van der Waals surface area contributed by atoms with Crippen LogP contribution >= 0.6 is 24.0 Å². The van der Waals surface area contributed by atoms with Crippen LogP contribution in [0.3, 0.4) is 0 Å². The second-order valence-electron chi connectivity index (χ2n) is 7.95. The fraction of sp³-hybridized carbons (Fsp3) is 0.667. The van der Waals surface area contributed by atoms with Gasteiger partial charge >= 0.3 is 0 Å². The summed E-state index contributed by atoms with van der Waals surface area (Å²) in [6.07, 6.45) is 2.99. The lowest BCUT2D eigenvalue weighted by atomic mass is 10.1. The molecule has 1 rings (SSSR count). The van der Waals surface area contributed by atoms with Gasteiger partial charge in [-0.3, -0.25) is 4.99 Å². The Morgan fingerprint density at radius 1 is 1.13 bits per heavy atom. The number of ether oxygens (including phenoxy) is 2. The quantitative estimate of drug-likeness (QED) is 0.202. The second-order valence-corrected chi connectivity index (χ2v) is 9.70. The zero-order chi connectivity index (χ0) is 22.8. The molecule has 0 aliphatic carbocycles. The normalized spacial score (nSPS) is 13.2. The summed E-state index contributed by atoms with van der Waals surface area (Å²) in [6, 6.07) is 5.88. The first kappa shape index (κ1) is 29.7. The van der Waals surface area contributed by atoms with Gasteiger partial charge in [-0.1, -0.05) is 19.9 Å². The molecule has 1 atom stereocenters. The molecular weight excluding hydrogens is 531 g/mol. The van der Waals surface area contributed by atoms with Gasteiger partial charge in [0.05, 0.1) is 25.5 Å². The third-order valence-corrected chi connectivity index (χ3v) is 5.05. The maximum Gasteiger partial charge on any atom is 0.209 e. The maximum atomic E-state index is 11.5. The van der Waals surface area contributed by atoms with Gasteiger partial charge in [-0.2, -0.15) is 0 Å². The van der Waals surface area contributed by atoms with Crippen LogP contribution in [0.4, 0.5) is 0 Å². The molecule has 0 bridgehead atoms. The molecule has 1 unspecified atom stereocenters. The van der Waals surface area contributed by atoms with Crippen LogP contribution in [0, 0.1) is 0 Å². The smallest absolute Gasteiger partial charge is 0.209 e. The van der Waals surface area contributed by atoms with E-state index in [4.69, 9.17) is 9.47 Å². The Kier molecular flexibility index (Phi) is 13.4. The molecule has 1 aromatic carbocycles. The Labute approximate surface area is 205 Å². The molecule has 31 heavy (non-hydrogen) atoms. The molecule has 3 N–H and O–H groups in total. The van der Waals surface area contributed by atoms with Crippen molar-refractivity contribution in [2.75, 3.05) is 33.1 Å². The molecule has 10 heteroatoms.